The van der Waals surface area contributed by atoms with Crippen LogP contribution in [0.4, 0.5) is 0 Å². The molecule has 2 aromatic carbocycles. The first-order valence-corrected chi connectivity index (χ1v) is 13.4. The van der Waals surface area contributed by atoms with Crippen molar-refractivity contribution in [1.82, 2.24) is 9.80 Å². The molecule has 1 saturated carbocycles. The van der Waals surface area contributed by atoms with Crippen LogP contribution in [0.3, 0.4) is 0 Å². The maximum Gasteiger partial charge on any atom is 0.128 e. The number of hydrogen-bond donors (Lipinski definition) is 0. The Hall–Kier alpha value is -1.94. The molecule has 1 aliphatic heterocycles. The zero-order valence-electron chi connectivity index (χ0n) is 19.8. The van der Waals surface area contributed by atoms with Gasteiger partial charge in [-0.15, -0.1) is 23.7 Å². The van der Waals surface area contributed by atoms with Crippen molar-refractivity contribution in [2.75, 3.05) is 32.7 Å². The minimum atomic E-state index is 0. The quantitative estimate of drug-likeness (QED) is 0.331. The van der Waals surface area contributed by atoms with E-state index < -0.39 is 0 Å². The van der Waals surface area contributed by atoms with E-state index in [1.54, 1.807) is 11.3 Å². The number of rotatable bonds is 8. The highest BCUT2D eigenvalue weighted by Gasteiger charge is 2.28. The zero-order chi connectivity index (χ0) is 22.5. The summed E-state index contributed by atoms with van der Waals surface area (Å²) in [6, 6.07) is 19.3. The van der Waals surface area contributed by atoms with E-state index in [-0.39, 0.29) is 18.3 Å². The summed E-state index contributed by atoms with van der Waals surface area (Å²) >= 11 is 1.75. The van der Waals surface area contributed by atoms with Gasteiger partial charge in [-0.25, -0.2) is 4.79 Å². The van der Waals surface area contributed by atoms with E-state index in [1.807, 2.05) is 0 Å². The Kier molecular flexibility index (Phi) is 8.99. The predicted molar refractivity (Wildman–Crippen MR) is 146 cm³/mol. The average Bonchev–Trinajstić information content (AvgIpc) is 3.52. The Morgan fingerprint density at radius 3 is 2.35 bits per heavy atom. The van der Waals surface area contributed by atoms with Crippen molar-refractivity contribution in [3.8, 4) is 0 Å². The number of benzene rings is 2. The third-order valence-electron chi connectivity index (χ3n) is 7.57. The van der Waals surface area contributed by atoms with E-state index in [4.69, 9.17) is 0 Å². The number of thiophene rings is 1. The monoisotopic (exact) mass is 494 g/mol. The molecule has 1 unspecified atom stereocenters. The van der Waals surface area contributed by atoms with Gasteiger partial charge in [0, 0.05) is 71.8 Å². The molecule has 34 heavy (non-hydrogen) atoms. The Balaban J connectivity index is 0.00000274. The summed E-state index contributed by atoms with van der Waals surface area (Å²) in [6.07, 6.45) is 6.45. The van der Waals surface area contributed by atoms with Gasteiger partial charge in [-0.05, 0) is 24.0 Å². The topological polar surface area (TPSA) is 23.6 Å². The molecule has 3 nitrogen and oxygen atoms in total. The van der Waals surface area contributed by atoms with Gasteiger partial charge >= 0.3 is 0 Å². The fraction of sp³-hybridized carbons (Fsp3) is 0.448. The smallest absolute Gasteiger partial charge is 0.128 e. The number of hydrogen-bond acceptors (Lipinski definition) is 4. The maximum absolute atomic E-state index is 12.4. The molecular weight excluding hydrogens is 460 g/mol. The lowest BCUT2D eigenvalue weighted by Crippen LogP contribution is -2.47. The number of piperazine rings is 1. The molecule has 0 bridgehead atoms. The van der Waals surface area contributed by atoms with Crippen LogP contribution in [0.25, 0.3) is 15.7 Å². The van der Waals surface area contributed by atoms with Crippen LogP contribution in [-0.2, 0) is 11.3 Å². The van der Waals surface area contributed by atoms with Crippen molar-refractivity contribution < 1.29 is 4.79 Å². The Morgan fingerprint density at radius 1 is 0.941 bits per heavy atom. The summed E-state index contributed by atoms with van der Waals surface area (Å²) < 4.78 is 1.26. The van der Waals surface area contributed by atoms with Crippen LogP contribution in [0.2, 0.25) is 0 Å². The van der Waals surface area contributed by atoms with Crippen LogP contribution in [-0.4, -0.2) is 48.5 Å². The van der Waals surface area contributed by atoms with Gasteiger partial charge in [0.05, 0.1) is 0 Å². The molecule has 0 spiro atoms. The predicted octanol–water partition coefficient (Wildman–Crippen LogP) is 6.55. The second-order valence-electron chi connectivity index (χ2n) is 9.81. The minimum absolute atomic E-state index is 0. The van der Waals surface area contributed by atoms with Crippen LogP contribution < -0.4 is 0 Å². The highest BCUT2D eigenvalue weighted by Crippen LogP contribution is 2.39. The molecule has 3 aromatic rings. The molecule has 0 amide bonds. The normalized spacial score (nSPS) is 18.5. The van der Waals surface area contributed by atoms with Crippen LogP contribution in [0.5, 0.6) is 0 Å². The van der Waals surface area contributed by atoms with Crippen molar-refractivity contribution in [1.29, 1.82) is 0 Å². The highest BCUT2D eigenvalue weighted by atomic mass is 35.5. The molecule has 1 aliphatic carbocycles. The van der Waals surface area contributed by atoms with Gasteiger partial charge in [0.25, 0.3) is 0 Å². The maximum atomic E-state index is 12.4. The van der Waals surface area contributed by atoms with E-state index in [1.165, 1.54) is 41.3 Å². The van der Waals surface area contributed by atoms with Gasteiger partial charge in [-0.1, -0.05) is 74.2 Å². The zero-order valence-corrected chi connectivity index (χ0v) is 21.5. The van der Waals surface area contributed by atoms with Crippen LogP contribution in [0, 0.1) is 11.8 Å². The first-order valence-electron chi connectivity index (χ1n) is 12.5. The molecule has 2 aliphatic rings. The van der Waals surface area contributed by atoms with E-state index >= 15 is 0 Å². The molecule has 0 N–H and O–H groups in total. The van der Waals surface area contributed by atoms with Crippen LogP contribution in [0.15, 0.2) is 60.0 Å². The number of halogens is 1. The van der Waals surface area contributed by atoms with E-state index in [9.17, 15) is 4.79 Å². The van der Waals surface area contributed by atoms with E-state index in [0.717, 1.165) is 62.7 Å². The first-order chi connectivity index (χ1) is 16.3. The standard InChI is InChI=1S/C29H34N2OS.ClH/c32-21-27(28-22-33-29-13-7-6-12-26(28)29)25(18-23-8-4-5-9-23)20-31-16-14-30(15-17-31)19-24-10-2-1-3-11-24;/h1-3,6-7,10-13,22-23,25H,4-5,8-9,14-20H2;1H. The summed E-state index contributed by atoms with van der Waals surface area (Å²) in [4.78, 5) is 17.5. The SMILES string of the molecule is Cl.O=C=C(c1csc2ccccc12)C(CC1CCCC1)CN1CCN(Cc2ccccc2)CC1. The highest BCUT2D eigenvalue weighted by molar-refractivity contribution is 7.17. The van der Waals surface area contributed by atoms with Gasteiger partial charge in [-0.2, -0.15) is 0 Å². The summed E-state index contributed by atoms with van der Waals surface area (Å²) in [6.45, 7) is 6.33. The number of nitrogens with zero attached hydrogens (tertiary/aromatic N) is 2. The summed E-state index contributed by atoms with van der Waals surface area (Å²) in [5.74, 6) is 3.46. The van der Waals surface area contributed by atoms with Crippen molar-refractivity contribution in [2.24, 2.45) is 11.8 Å². The fourth-order valence-corrected chi connectivity index (χ4v) is 6.72. The van der Waals surface area contributed by atoms with Gasteiger partial charge in [0.15, 0.2) is 0 Å². The van der Waals surface area contributed by atoms with Crippen LogP contribution in [0.1, 0.15) is 43.2 Å². The van der Waals surface area contributed by atoms with Crippen LogP contribution >= 0.6 is 23.7 Å². The lowest BCUT2D eigenvalue weighted by Gasteiger charge is -2.37. The van der Waals surface area contributed by atoms with Gasteiger partial charge in [0.1, 0.15) is 5.94 Å². The minimum Gasteiger partial charge on any atom is -0.300 e. The molecule has 2 fully saturated rings. The molecule has 180 valence electrons. The lowest BCUT2D eigenvalue weighted by atomic mass is 9.84. The Labute approximate surface area is 213 Å². The van der Waals surface area contributed by atoms with Crippen molar-refractivity contribution in [2.45, 2.75) is 38.6 Å². The van der Waals surface area contributed by atoms with Crippen molar-refractivity contribution in [3.63, 3.8) is 0 Å². The lowest BCUT2D eigenvalue weighted by molar-refractivity contribution is 0.116. The summed E-state index contributed by atoms with van der Waals surface area (Å²) in [5.41, 5.74) is 3.42. The average molecular weight is 495 g/mol. The third-order valence-corrected chi connectivity index (χ3v) is 8.54. The Morgan fingerprint density at radius 2 is 1.62 bits per heavy atom. The summed E-state index contributed by atoms with van der Waals surface area (Å²) in [5, 5.41) is 3.40. The molecule has 0 radical (unpaired) electrons. The Bertz CT molecular complexity index is 1090. The molecule has 2 heterocycles. The molecule has 5 rings (SSSR count). The van der Waals surface area contributed by atoms with Crippen molar-refractivity contribution >= 4 is 45.3 Å². The number of fused-ring (bicyclic) bond motifs is 1. The van der Waals surface area contributed by atoms with Gasteiger partial charge < -0.3 is 4.90 Å². The molecule has 1 saturated heterocycles. The molecule has 1 atom stereocenters. The van der Waals surface area contributed by atoms with E-state index in [2.05, 4.69) is 75.7 Å². The number of carbonyl (C=O) groups excluding carboxylic acids is 1. The molecule has 1 aromatic heterocycles. The van der Waals surface area contributed by atoms with E-state index in [0.29, 0.717) is 0 Å². The molecular formula is C29H35ClN2OS. The third kappa shape index (κ3) is 6.00. The van der Waals surface area contributed by atoms with Gasteiger partial charge in [0.2, 0.25) is 0 Å². The van der Waals surface area contributed by atoms with Crippen molar-refractivity contribution in [3.05, 3.63) is 71.1 Å². The van der Waals surface area contributed by atoms with Gasteiger partial charge in [-0.3, -0.25) is 4.90 Å². The summed E-state index contributed by atoms with van der Waals surface area (Å²) in [7, 11) is 0. The second-order valence-corrected chi connectivity index (χ2v) is 10.7. The first kappa shape index (κ1) is 25.2. The molecule has 5 heteroatoms. The largest absolute Gasteiger partial charge is 0.300 e. The fourth-order valence-electron chi connectivity index (χ4n) is 5.76. The second kappa shape index (κ2) is 12.2.